The monoisotopic (exact) mass is 349 g/mol. The third-order valence-electron chi connectivity index (χ3n) is 4.19. The van der Waals surface area contributed by atoms with Gasteiger partial charge in [-0.05, 0) is 36.6 Å². The number of allylic oxidation sites excluding steroid dienone is 1. The van der Waals surface area contributed by atoms with Crippen molar-refractivity contribution in [2.24, 2.45) is 5.73 Å². The normalized spacial score (nSPS) is 11.5. The van der Waals surface area contributed by atoms with Gasteiger partial charge >= 0.3 is 0 Å². The molecule has 0 saturated carbocycles. The molecule has 0 saturated heterocycles. The third kappa shape index (κ3) is 3.21. The van der Waals surface area contributed by atoms with Crippen LogP contribution >= 0.6 is 0 Å². The molecule has 0 unspecified atom stereocenters. The summed E-state index contributed by atoms with van der Waals surface area (Å²) in [5, 5.41) is 0.803. The number of carbonyl (C=O) groups excluding carboxylic acids is 1. The molecule has 1 aromatic carbocycles. The van der Waals surface area contributed by atoms with Gasteiger partial charge in [0.2, 0.25) is 0 Å². The molecule has 132 valence electrons. The first-order valence-electron chi connectivity index (χ1n) is 8.10. The summed E-state index contributed by atoms with van der Waals surface area (Å²) >= 11 is 0. The molecule has 26 heavy (non-hydrogen) atoms. The number of ether oxygens (including phenoxy) is 1. The predicted molar refractivity (Wildman–Crippen MR) is 101 cm³/mol. The highest BCUT2D eigenvalue weighted by atomic mass is 16.5. The van der Waals surface area contributed by atoms with Gasteiger partial charge in [-0.3, -0.25) is 14.6 Å². The van der Waals surface area contributed by atoms with Crippen LogP contribution in [0.15, 0.2) is 59.7 Å². The lowest BCUT2D eigenvalue weighted by molar-refractivity contribution is -0.111. The molecule has 2 aromatic heterocycles. The Morgan fingerprint density at radius 1 is 1.27 bits per heavy atom. The molecule has 0 aliphatic rings. The maximum Gasteiger partial charge on any atom is 0.251 e. The van der Waals surface area contributed by atoms with E-state index in [-0.39, 0.29) is 11.3 Å². The van der Waals surface area contributed by atoms with E-state index in [0.717, 1.165) is 11.1 Å². The Hall–Kier alpha value is -3.41. The number of nitrogens with two attached hydrogens (primary N) is 1. The Morgan fingerprint density at radius 3 is 2.69 bits per heavy atom. The molecule has 0 aliphatic heterocycles. The first-order valence-corrected chi connectivity index (χ1v) is 8.10. The molecule has 3 rings (SSSR count). The van der Waals surface area contributed by atoms with Crippen LogP contribution in [-0.4, -0.2) is 22.4 Å². The van der Waals surface area contributed by atoms with E-state index >= 15 is 0 Å². The van der Waals surface area contributed by atoms with Crippen molar-refractivity contribution in [1.29, 1.82) is 0 Å². The summed E-state index contributed by atoms with van der Waals surface area (Å²) in [5.41, 5.74) is 7.92. The third-order valence-corrected chi connectivity index (χ3v) is 4.19. The first kappa shape index (κ1) is 17.4. The highest BCUT2D eigenvalue weighted by Gasteiger charge is 2.16. The van der Waals surface area contributed by atoms with Crippen LogP contribution in [0.3, 0.4) is 0 Å². The van der Waals surface area contributed by atoms with E-state index in [4.69, 9.17) is 10.5 Å². The molecule has 0 atom stereocenters. The van der Waals surface area contributed by atoms with Crippen molar-refractivity contribution in [2.75, 3.05) is 7.11 Å². The predicted octanol–water partition coefficient (Wildman–Crippen LogP) is 2.34. The van der Waals surface area contributed by atoms with Crippen LogP contribution in [0.5, 0.6) is 5.75 Å². The van der Waals surface area contributed by atoms with E-state index in [1.165, 1.54) is 26.3 Å². The lowest BCUT2D eigenvalue weighted by atomic mass is 10.00. The van der Waals surface area contributed by atoms with Crippen LogP contribution in [0, 0.1) is 0 Å². The number of hydrogen-bond acceptors (Lipinski definition) is 5. The summed E-state index contributed by atoms with van der Waals surface area (Å²) in [6, 6.07) is 12.4. The number of rotatable bonds is 5. The van der Waals surface area contributed by atoms with Crippen LogP contribution in [0.1, 0.15) is 18.2 Å². The number of methoxy groups -OCH3 is 1. The number of aromatic nitrogens is 2. The van der Waals surface area contributed by atoms with Gasteiger partial charge in [-0.2, -0.15) is 0 Å². The van der Waals surface area contributed by atoms with E-state index in [1.54, 1.807) is 22.9 Å². The number of benzene rings is 1. The summed E-state index contributed by atoms with van der Waals surface area (Å²) in [4.78, 5) is 28.6. The summed E-state index contributed by atoms with van der Waals surface area (Å²) in [7, 11) is 1.52. The van der Waals surface area contributed by atoms with E-state index in [9.17, 15) is 9.59 Å². The zero-order chi connectivity index (χ0) is 18.7. The van der Waals surface area contributed by atoms with E-state index in [2.05, 4.69) is 4.98 Å². The summed E-state index contributed by atoms with van der Waals surface area (Å²) in [5.74, 6) is 0.316. The lowest BCUT2D eigenvalue weighted by Crippen LogP contribution is -2.20. The molecule has 0 fully saturated rings. The minimum atomic E-state index is -0.160. The fourth-order valence-electron chi connectivity index (χ4n) is 2.92. The topological polar surface area (TPSA) is 87.2 Å². The van der Waals surface area contributed by atoms with Gasteiger partial charge in [0, 0.05) is 35.7 Å². The Kier molecular flexibility index (Phi) is 4.84. The number of hydrogen-bond donors (Lipinski definition) is 1. The number of carbonyl (C=O) groups is 1. The van der Waals surface area contributed by atoms with Crippen molar-refractivity contribution < 1.29 is 9.53 Å². The number of Topliss-reactive ketones (excluding diaryl/α,β-unsaturated/α-hetero) is 1. The molecular formula is C20H19N3O3. The standard InChI is InChI=1S/C20H19N3O3/c1-13(24)17(11-21)16-9-14-6-7-20(25)23(18(14)10-19(16)26-2)12-15-5-3-4-8-22-15/h3-11H,12,21H2,1-2H3. The first-order chi connectivity index (χ1) is 12.5. The minimum absolute atomic E-state index is 0.140. The molecule has 6 nitrogen and oxygen atoms in total. The van der Waals surface area contributed by atoms with Gasteiger partial charge in [0.25, 0.3) is 5.56 Å². The number of pyridine rings is 2. The molecule has 2 N–H and O–H groups in total. The lowest BCUT2D eigenvalue weighted by Gasteiger charge is -2.15. The largest absolute Gasteiger partial charge is 0.496 e. The summed E-state index contributed by atoms with van der Waals surface area (Å²) < 4.78 is 7.08. The smallest absolute Gasteiger partial charge is 0.251 e. The number of ketones is 1. The Balaban J connectivity index is 2.23. The van der Waals surface area contributed by atoms with Crippen molar-refractivity contribution in [3.63, 3.8) is 0 Å². The van der Waals surface area contributed by atoms with Crippen LogP contribution in [0.4, 0.5) is 0 Å². The summed E-state index contributed by atoms with van der Waals surface area (Å²) in [6.07, 6.45) is 2.96. The van der Waals surface area contributed by atoms with Gasteiger partial charge in [0.1, 0.15) is 5.75 Å². The van der Waals surface area contributed by atoms with Crippen LogP contribution < -0.4 is 16.0 Å². The van der Waals surface area contributed by atoms with Gasteiger partial charge in [-0.15, -0.1) is 0 Å². The zero-order valence-corrected chi connectivity index (χ0v) is 14.6. The van der Waals surface area contributed by atoms with Gasteiger partial charge in [0.05, 0.1) is 24.9 Å². The fourth-order valence-corrected chi connectivity index (χ4v) is 2.92. The van der Waals surface area contributed by atoms with Crippen molar-refractivity contribution >= 4 is 22.3 Å². The molecule has 0 radical (unpaired) electrons. The Morgan fingerprint density at radius 2 is 2.08 bits per heavy atom. The van der Waals surface area contributed by atoms with Crippen molar-refractivity contribution in [1.82, 2.24) is 9.55 Å². The van der Waals surface area contributed by atoms with E-state index in [1.807, 2.05) is 24.3 Å². The van der Waals surface area contributed by atoms with Crippen molar-refractivity contribution in [3.8, 4) is 5.75 Å². The maximum absolute atomic E-state index is 12.4. The van der Waals surface area contributed by atoms with Gasteiger partial charge in [-0.1, -0.05) is 6.07 Å². The van der Waals surface area contributed by atoms with Crippen LogP contribution in [0.2, 0.25) is 0 Å². The highest BCUT2D eigenvalue weighted by molar-refractivity contribution is 6.20. The van der Waals surface area contributed by atoms with Crippen molar-refractivity contribution in [3.05, 3.63) is 76.5 Å². The Bertz CT molecular complexity index is 1050. The molecule has 0 amide bonds. The molecule has 0 spiro atoms. The van der Waals surface area contributed by atoms with E-state index in [0.29, 0.717) is 28.9 Å². The molecule has 0 aliphatic carbocycles. The highest BCUT2D eigenvalue weighted by Crippen LogP contribution is 2.31. The minimum Gasteiger partial charge on any atom is -0.496 e. The van der Waals surface area contributed by atoms with Gasteiger partial charge < -0.3 is 15.0 Å². The van der Waals surface area contributed by atoms with Crippen LogP contribution in [0.25, 0.3) is 16.5 Å². The number of fused-ring (bicyclic) bond motifs is 1. The second-order valence-electron chi connectivity index (χ2n) is 5.83. The maximum atomic E-state index is 12.4. The summed E-state index contributed by atoms with van der Waals surface area (Å²) in [6.45, 7) is 1.79. The quantitative estimate of drug-likeness (QED) is 0.715. The van der Waals surface area contributed by atoms with Crippen LogP contribution in [-0.2, 0) is 11.3 Å². The average molecular weight is 349 g/mol. The Labute approximate surface area is 150 Å². The van der Waals surface area contributed by atoms with E-state index < -0.39 is 0 Å². The molecular weight excluding hydrogens is 330 g/mol. The number of nitrogens with zero attached hydrogens (tertiary/aromatic N) is 2. The second-order valence-corrected chi connectivity index (χ2v) is 5.83. The zero-order valence-electron chi connectivity index (χ0n) is 14.6. The molecule has 6 heteroatoms. The SMILES string of the molecule is COc1cc2c(ccc(=O)n2Cc2ccccn2)cc1C(=CN)C(C)=O. The average Bonchev–Trinajstić information content (AvgIpc) is 2.65. The van der Waals surface area contributed by atoms with Crippen molar-refractivity contribution in [2.45, 2.75) is 13.5 Å². The molecule has 2 heterocycles. The second kappa shape index (κ2) is 7.23. The fraction of sp³-hybridized carbons (Fsp3) is 0.150. The molecule has 3 aromatic rings. The van der Waals surface area contributed by atoms with Gasteiger partial charge in [0.15, 0.2) is 5.78 Å². The molecule has 0 bridgehead atoms. The van der Waals surface area contributed by atoms with Gasteiger partial charge in [-0.25, -0.2) is 0 Å².